The molecule has 4 heteroatoms. The molecule has 3 heterocycles. The Morgan fingerprint density at radius 1 is 1.32 bits per heavy atom. The Labute approximate surface area is 114 Å². The largest absolute Gasteiger partial charge is 0.376 e. The lowest BCUT2D eigenvalue weighted by Crippen LogP contribution is -2.42. The molecule has 2 fully saturated rings. The third-order valence-corrected chi connectivity index (χ3v) is 4.12. The zero-order valence-electron chi connectivity index (χ0n) is 11.1. The number of nitriles is 1. The van der Waals surface area contributed by atoms with Gasteiger partial charge in [-0.2, -0.15) is 5.26 Å². The van der Waals surface area contributed by atoms with Crippen LogP contribution in [0.5, 0.6) is 0 Å². The summed E-state index contributed by atoms with van der Waals surface area (Å²) >= 11 is 0. The van der Waals surface area contributed by atoms with Gasteiger partial charge in [-0.3, -0.25) is 0 Å². The van der Waals surface area contributed by atoms with Gasteiger partial charge >= 0.3 is 0 Å². The Hall–Kier alpha value is -1.60. The van der Waals surface area contributed by atoms with Gasteiger partial charge in [0.25, 0.3) is 0 Å². The maximum Gasteiger partial charge on any atom is 0.146 e. The van der Waals surface area contributed by atoms with Gasteiger partial charge in [-0.1, -0.05) is 0 Å². The fourth-order valence-corrected chi connectivity index (χ4v) is 3.22. The highest BCUT2D eigenvalue weighted by molar-refractivity contribution is 5.55. The molecular weight excluding hydrogens is 238 g/mol. The van der Waals surface area contributed by atoms with E-state index >= 15 is 0 Å². The molecule has 100 valence electrons. The first-order valence-corrected chi connectivity index (χ1v) is 7.13. The molecule has 3 rings (SSSR count). The summed E-state index contributed by atoms with van der Waals surface area (Å²) < 4.78 is 5.93. The molecule has 0 spiro atoms. The minimum absolute atomic E-state index is 0.310. The molecule has 19 heavy (non-hydrogen) atoms. The molecule has 0 amide bonds. The molecule has 0 aliphatic carbocycles. The summed E-state index contributed by atoms with van der Waals surface area (Å²) in [7, 11) is 0. The molecule has 1 aromatic rings. The highest BCUT2D eigenvalue weighted by Crippen LogP contribution is 2.32. The summed E-state index contributed by atoms with van der Waals surface area (Å²) in [6.07, 6.45) is 7.95. The third-order valence-electron chi connectivity index (χ3n) is 4.12. The third kappa shape index (κ3) is 2.43. The van der Waals surface area contributed by atoms with Gasteiger partial charge in [0.2, 0.25) is 0 Å². The molecule has 4 nitrogen and oxygen atoms in total. The average molecular weight is 257 g/mol. The van der Waals surface area contributed by atoms with Gasteiger partial charge in [0.15, 0.2) is 0 Å². The highest BCUT2D eigenvalue weighted by Gasteiger charge is 2.34. The Morgan fingerprint density at radius 2 is 2.26 bits per heavy atom. The van der Waals surface area contributed by atoms with Gasteiger partial charge in [-0.25, -0.2) is 4.98 Å². The maximum atomic E-state index is 9.23. The van der Waals surface area contributed by atoms with Crippen molar-refractivity contribution in [3.05, 3.63) is 23.9 Å². The molecule has 0 saturated carbocycles. The Bertz CT molecular complexity index is 477. The number of pyridine rings is 1. The van der Waals surface area contributed by atoms with Crippen LogP contribution >= 0.6 is 0 Å². The first kappa shape index (κ1) is 12.4. The van der Waals surface area contributed by atoms with Crippen molar-refractivity contribution in [2.45, 2.75) is 44.2 Å². The van der Waals surface area contributed by atoms with Crippen LogP contribution in [0.1, 0.15) is 37.7 Å². The first-order valence-electron chi connectivity index (χ1n) is 7.13. The van der Waals surface area contributed by atoms with Crippen molar-refractivity contribution in [2.24, 2.45) is 0 Å². The van der Waals surface area contributed by atoms with E-state index in [4.69, 9.17) is 4.74 Å². The van der Waals surface area contributed by atoms with Crippen molar-refractivity contribution >= 4 is 5.82 Å². The number of rotatable bonds is 2. The summed E-state index contributed by atoms with van der Waals surface area (Å²) in [5, 5.41) is 9.23. The van der Waals surface area contributed by atoms with E-state index in [1.54, 1.807) is 6.20 Å². The Balaban J connectivity index is 1.84. The van der Waals surface area contributed by atoms with Gasteiger partial charge in [0.05, 0.1) is 17.7 Å². The van der Waals surface area contributed by atoms with E-state index < -0.39 is 0 Å². The van der Waals surface area contributed by atoms with Gasteiger partial charge in [0, 0.05) is 19.3 Å². The van der Waals surface area contributed by atoms with Crippen LogP contribution in [0.2, 0.25) is 0 Å². The maximum absolute atomic E-state index is 9.23. The van der Waals surface area contributed by atoms with Crippen molar-refractivity contribution in [3.63, 3.8) is 0 Å². The topological polar surface area (TPSA) is 49.2 Å². The lowest BCUT2D eigenvalue weighted by atomic mass is 10.00. The molecule has 2 atom stereocenters. The SMILES string of the molecule is N#Cc1cccnc1N1CCCC1C1CCCCO1. The quantitative estimate of drug-likeness (QED) is 0.816. The summed E-state index contributed by atoms with van der Waals surface area (Å²) in [5.74, 6) is 0.835. The van der Waals surface area contributed by atoms with Crippen molar-refractivity contribution < 1.29 is 4.74 Å². The summed E-state index contributed by atoms with van der Waals surface area (Å²) in [6, 6.07) is 6.31. The van der Waals surface area contributed by atoms with Crippen molar-refractivity contribution in [1.29, 1.82) is 5.26 Å². The van der Waals surface area contributed by atoms with Crippen LogP contribution in [0.3, 0.4) is 0 Å². The van der Waals surface area contributed by atoms with Crippen LogP contribution in [0, 0.1) is 11.3 Å². The Morgan fingerprint density at radius 3 is 3.05 bits per heavy atom. The lowest BCUT2D eigenvalue weighted by molar-refractivity contribution is 0.00134. The van der Waals surface area contributed by atoms with Gasteiger partial charge in [-0.15, -0.1) is 0 Å². The second kappa shape index (κ2) is 5.58. The lowest BCUT2D eigenvalue weighted by Gasteiger charge is -2.34. The molecule has 0 aromatic carbocycles. The summed E-state index contributed by atoms with van der Waals surface area (Å²) in [4.78, 5) is 6.71. The smallest absolute Gasteiger partial charge is 0.146 e. The van der Waals surface area contributed by atoms with E-state index in [0.717, 1.165) is 38.2 Å². The first-order chi connectivity index (χ1) is 9.40. The zero-order valence-corrected chi connectivity index (χ0v) is 11.1. The summed E-state index contributed by atoms with van der Waals surface area (Å²) in [6.45, 7) is 1.86. The number of nitrogens with zero attached hydrogens (tertiary/aromatic N) is 3. The van der Waals surface area contributed by atoms with E-state index in [1.807, 2.05) is 12.1 Å². The van der Waals surface area contributed by atoms with Gasteiger partial charge in [0.1, 0.15) is 11.9 Å². The zero-order chi connectivity index (χ0) is 13.1. The number of aromatic nitrogens is 1. The standard InChI is InChI=1S/C15H19N3O/c16-11-12-5-3-8-17-15(12)18-9-4-6-13(18)14-7-1-2-10-19-14/h3,5,8,13-14H,1-2,4,6-7,9-10H2. The second-order valence-electron chi connectivity index (χ2n) is 5.29. The minimum atomic E-state index is 0.310. The predicted molar refractivity (Wildman–Crippen MR) is 72.9 cm³/mol. The van der Waals surface area contributed by atoms with E-state index in [-0.39, 0.29) is 0 Å². The van der Waals surface area contributed by atoms with E-state index in [2.05, 4.69) is 16.0 Å². The summed E-state index contributed by atoms with van der Waals surface area (Å²) in [5.41, 5.74) is 0.671. The molecule has 2 aliphatic heterocycles. The highest BCUT2D eigenvalue weighted by atomic mass is 16.5. The second-order valence-corrected chi connectivity index (χ2v) is 5.29. The van der Waals surface area contributed by atoms with Crippen LogP contribution in [0.4, 0.5) is 5.82 Å². The van der Waals surface area contributed by atoms with Crippen molar-refractivity contribution in [1.82, 2.24) is 4.98 Å². The fourth-order valence-electron chi connectivity index (χ4n) is 3.22. The molecule has 1 aromatic heterocycles. The predicted octanol–water partition coefficient (Wildman–Crippen LogP) is 2.49. The van der Waals surface area contributed by atoms with Crippen molar-refractivity contribution in [2.75, 3.05) is 18.1 Å². The normalized spacial score (nSPS) is 27.2. The van der Waals surface area contributed by atoms with Gasteiger partial charge < -0.3 is 9.64 Å². The Kier molecular flexibility index (Phi) is 3.65. The number of anilines is 1. The number of hydrogen-bond acceptors (Lipinski definition) is 4. The van der Waals surface area contributed by atoms with Crippen LogP contribution in [-0.2, 0) is 4.74 Å². The molecule has 0 radical (unpaired) electrons. The van der Waals surface area contributed by atoms with Gasteiger partial charge in [-0.05, 0) is 44.2 Å². The fraction of sp³-hybridized carbons (Fsp3) is 0.600. The average Bonchev–Trinajstić information content (AvgIpc) is 2.97. The molecule has 2 saturated heterocycles. The van der Waals surface area contributed by atoms with Crippen LogP contribution in [0.15, 0.2) is 18.3 Å². The number of hydrogen-bond donors (Lipinski definition) is 0. The molecule has 2 unspecified atom stereocenters. The van der Waals surface area contributed by atoms with Crippen molar-refractivity contribution in [3.8, 4) is 6.07 Å². The molecule has 0 bridgehead atoms. The molecular formula is C15H19N3O. The van der Waals surface area contributed by atoms with E-state index in [0.29, 0.717) is 17.7 Å². The van der Waals surface area contributed by atoms with E-state index in [9.17, 15) is 5.26 Å². The monoisotopic (exact) mass is 257 g/mol. The molecule has 0 N–H and O–H groups in total. The van der Waals surface area contributed by atoms with Crippen LogP contribution < -0.4 is 4.90 Å². The van der Waals surface area contributed by atoms with E-state index in [1.165, 1.54) is 12.8 Å². The van der Waals surface area contributed by atoms with Crippen LogP contribution in [0.25, 0.3) is 0 Å². The minimum Gasteiger partial charge on any atom is -0.376 e. The molecule has 2 aliphatic rings. The van der Waals surface area contributed by atoms with Crippen LogP contribution in [-0.4, -0.2) is 30.3 Å². The number of ether oxygens (including phenoxy) is 1.